The molecule has 3 N–H and O–H groups in total. The van der Waals surface area contributed by atoms with Crippen LogP contribution >= 0.6 is 0 Å². The van der Waals surface area contributed by atoms with Crippen LogP contribution in [0.5, 0.6) is 0 Å². The number of pyridine rings is 2. The maximum absolute atomic E-state index is 13.1. The first-order chi connectivity index (χ1) is 19.1. The van der Waals surface area contributed by atoms with Gasteiger partial charge >= 0.3 is 6.03 Å². The maximum atomic E-state index is 13.1. The molecule has 11 heteroatoms. The summed E-state index contributed by atoms with van der Waals surface area (Å²) in [5.41, 5.74) is 3.42. The number of anilines is 2. The Hall–Kier alpha value is -4.80. The standard InChI is InChI=1S/C29H31N9O2/c1-29(2,3)23-14-24(38(36-23)18-8-9-21-16(11-18)7-6-10-31-21)34-28(40)33-22-13-19(22)20-12-17-15-32-27(30-4)35-25(17)37(5)26(20)39/h6-12,14-15,19,22H,13H2,1-5H3,(H,30,32,35)(H2,33,34,40). The van der Waals surface area contributed by atoms with E-state index in [0.29, 0.717) is 29.4 Å². The zero-order valence-electron chi connectivity index (χ0n) is 23.1. The third-order valence-corrected chi connectivity index (χ3v) is 7.26. The van der Waals surface area contributed by atoms with Gasteiger partial charge < -0.3 is 10.6 Å². The molecule has 0 saturated heterocycles. The number of benzene rings is 1. The van der Waals surface area contributed by atoms with Gasteiger partial charge in [-0.15, -0.1) is 0 Å². The van der Waals surface area contributed by atoms with Crippen LogP contribution in [0.3, 0.4) is 0 Å². The Morgan fingerprint density at radius 2 is 1.90 bits per heavy atom. The van der Waals surface area contributed by atoms with Crippen LogP contribution in [0.2, 0.25) is 0 Å². The SMILES string of the molecule is CNc1ncc2cc(C3CC3NC(=O)Nc3cc(C(C)(C)C)nn3-c3ccc4ncccc4c3)c(=O)n(C)c2n1. The van der Waals surface area contributed by atoms with Crippen molar-refractivity contribution < 1.29 is 4.79 Å². The molecule has 4 aromatic heterocycles. The molecule has 1 aliphatic carbocycles. The molecule has 5 aromatic rings. The van der Waals surface area contributed by atoms with Crippen LogP contribution in [0.25, 0.3) is 27.6 Å². The van der Waals surface area contributed by atoms with Gasteiger partial charge in [0.05, 0.1) is 16.9 Å². The van der Waals surface area contributed by atoms with Crippen molar-refractivity contribution in [2.24, 2.45) is 7.05 Å². The minimum atomic E-state index is -0.351. The number of amides is 2. The van der Waals surface area contributed by atoms with E-state index in [1.54, 1.807) is 31.2 Å². The summed E-state index contributed by atoms with van der Waals surface area (Å²) >= 11 is 0. The number of hydrogen-bond donors (Lipinski definition) is 3. The number of nitrogens with one attached hydrogen (secondary N) is 3. The fourth-order valence-corrected chi connectivity index (χ4v) is 4.91. The molecule has 0 spiro atoms. The average molecular weight is 538 g/mol. The molecule has 6 rings (SSSR count). The summed E-state index contributed by atoms with van der Waals surface area (Å²) in [4.78, 5) is 39.3. The van der Waals surface area contributed by atoms with Gasteiger partial charge in [0.15, 0.2) is 0 Å². The molecule has 1 aliphatic rings. The Labute approximate surface area is 230 Å². The van der Waals surface area contributed by atoms with Crippen molar-refractivity contribution in [3.05, 3.63) is 76.5 Å². The fourth-order valence-electron chi connectivity index (χ4n) is 4.91. The highest BCUT2D eigenvalue weighted by atomic mass is 16.2. The van der Waals surface area contributed by atoms with Gasteiger partial charge in [-0.05, 0) is 36.8 Å². The highest BCUT2D eigenvalue weighted by Crippen LogP contribution is 2.40. The van der Waals surface area contributed by atoms with E-state index < -0.39 is 0 Å². The molecule has 1 aromatic carbocycles. The summed E-state index contributed by atoms with van der Waals surface area (Å²) in [7, 11) is 3.43. The van der Waals surface area contributed by atoms with E-state index in [0.717, 1.165) is 27.7 Å². The molecular weight excluding hydrogens is 506 g/mol. The molecule has 1 fully saturated rings. The quantitative estimate of drug-likeness (QED) is 0.308. The first kappa shape index (κ1) is 25.5. The Balaban J connectivity index is 1.23. The van der Waals surface area contributed by atoms with Crippen molar-refractivity contribution in [2.45, 2.75) is 44.6 Å². The van der Waals surface area contributed by atoms with Gasteiger partial charge in [-0.2, -0.15) is 10.1 Å². The molecule has 0 bridgehead atoms. The first-order valence-corrected chi connectivity index (χ1v) is 13.2. The molecular formula is C29H31N9O2. The zero-order valence-corrected chi connectivity index (χ0v) is 23.1. The van der Waals surface area contributed by atoms with E-state index in [2.05, 4.69) is 51.7 Å². The number of hydrogen-bond acceptors (Lipinski definition) is 7. The van der Waals surface area contributed by atoms with Crippen molar-refractivity contribution in [2.75, 3.05) is 17.7 Å². The fraction of sp³-hybridized carbons (Fsp3) is 0.310. The Morgan fingerprint density at radius 3 is 2.67 bits per heavy atom. The summed E-state index contributed by atoms with van der Waals surface area (Å²) in [6.45, 7) is 6.24. The highest BCUT2D eigenvalue weighted by Gasteiger charge is 2.42. The van der Waals surface area contributed by atoms with Gasteiger partial charge in [-0.1, -0.05) is 26.8 Å². The smallest absolute Gasteiger partial charge is 0.320 e. The Bertz CT molecular complexity index is 1830. The summed E-state index contributed by atoms with van der Waals surface area (Å²) in [5.74, 6) is 0.926. The van der Waals surface area contributed by atoms with Crippen LogP contribution < -0.4 is 21.5 Å². The van der Waals surface area contributed by atoms with Crippen LogP contribution in [0.4, 0.5) is 16.6 Å². The lowest BCUT2D eigenvalue weighted by Crippen LogP contribution is -2.33. The third kappa shape index (κ3) is 4.63. The van der Waals surface area contributed by atoms with E-state index >= 15 is 0 Å². The lowest BCUT2D eigenvalue weighted by atomic mass is 9.92. The number of nitrogens with zero attached hydrogens (tertiary/aromatic N) is 6. The van der Waals surface area contributed by atoms with Gasteiger partial charge in [-0.3, -0.25) is 19.7 Å². The molecule has 2 amide bonds. The summed E-state index contributed by atoms with van der Waals surface area (Å²) in [5, 5.41) is 15.5. The second-order valence-electron chi connectivity index (χ2n) is 11.2. The monoisotopic (exact) mass is 537 g/mol. The predicted molar refractivity (Wildman–Crippen MR) is 155 cm³/mol. The number of carbonyl (C=O) groups is 1. The summed E-state index contributed by atoms with van der Waals surface area (Å²) in [6, 6.07) is 13.0. The van der Waals surface area contributed by atoms with Crippen LogP contribution in [-0.2, 0) is 12.5 Å². The molecule has 2 unspecified atom stereocenters. The molecule has 0 aliphatic heterocycles. The number of rotatable bonds is 5. The van der Waals surface area contributed by atoms with Crippen LogP contribution in [-0.4, -0.2) is 48.4 Å². The number of aryl methyl sites for hydroxylation is 1. The third-order valence-electron chi connectivity index (χ3n) is 7.26. The van der Waals surface area contributed by atoms with Crippen molar-refractivity contribution >= 4 is 39.7 Å². The minimum Gasteiger partial charge on any atom is -0.357 e. The largest absolute Gasteiger partial charge is 0.357 e. The van der Waals surface area contributed by atoms with Gasteiger partial charge in [0.1, 0.15) is 11.5 Å². The number of aromatic nitrogens is 6. The van der Waals surface area contributed by atoms with Crippen molar-refractivity contribution in [3.63, 3.8) is 0 Å². The van der Waals surface area contributed by atoms with Crippen molar-refractivity contribution in [3.8, 4) is 5.69 Å². The Morgan fingerprint density at radius 1 is 1.07 bits per heavy atom. The average Bonchev–Trinajstić information content (AvgIpc) is 3.55. The van der Waals surface area contributed by atoms with Crippen molar-refractivity contribution in [1.82, 2.24) is 34.6 Å². The van der Waals surface area contributed by atoms with E-state index in [9.17, 15) is 9.59 Å². The highest BCUT2D eigenvalue weighted by molar-refractivity contribution is 5.90. The van der Waals surface area contributed by atoms with E-state index in [4.69, 9.17) is 5.10 Å². The first-order valence-electron chi connectivity index (χ1n) is 13.2. The number of urea groups is 1. The van der Waals surface area contributed by atoms with Gasteiger partial charge in [0, 0.05) is 66.3 Å². The topological polar surface area (TPSA) is 132 Å². The predicted octanol–water partition coefficient (Wildman–Crippen LogP) is 4.08. The molecule has 2 atom stereocenters. The molecule has 0 radical (unpaired) electrons. The lowest BCUT2D eigenvalue weighted by Gasteiger charge is -2.14. The van der Waals surface area contributed by atoms with E-state index in [-0.39, 0.29) is 29.0 Å². The van der Waals surface area contributed by atoms with Gasteiger partial charge in [0.25, 0.3) is 5.56 Å². The second kappa shape index (κ2) is 9.44. The van der Waals surface area contributed by atoms with Crippen molar-refractivity contribution in [1.29, 1.82) is 0 Å². The Kier molecular flexibility index (Phi) is 6.01. The maximum Gasteiger partial charge on any atom is 0.320 e. The molecule has 204 valence electrons. The molecule has 11 nitrogen and oxygen atoms in total. The van der Waals surface area contributed by atoms with Crippen LogP contribution in [0.1, 0.15) is 44.4 Å². The van der Waals surface area contributed by atoms with Gasteiger partial charge in [0.2, 0.25) is 5.95 Å². The zero-order chi connectivity index (χ0) is 28.2. The molecule has 1 saturated carbocycles. The summed E-state index contributed by atoms with van der Waals surface area (Å²) in [6.07, 6.45) is 4.14. The van der Waals surface area contributed by atoms with Gasteiger partial charge in [-0.25, -0.2) is 14.5 Å². The summed E-state index contributed by atoms with van der Waals surface area (Å²) < 4.78 is 3.28. The van der Waals surface area contributed by atoms with Crippen LogP contribution in [0.15, 0.2) is 59.7 Å². The molecule has 4 heterocycles. The normalized spacial score (nSPS) is 16.7. The molecule has 40 heavy (non-hydrogen) atoms. The second-order valence-corrected chi connectivity index (χ2v) is 11.2. The lowest BCUT2D eigenvalue weighted by molar-refractivity contribution is 0.251. The van der Waals surface area contributed by atoms with Crippen LogP contribution in [0, 0.1) is 0 Å². The van der Waals surface area contributed by atoms with E-state index in [1.807, 2.05) is 42.5 Å². The van der Waals surface area contributed by atoms with E-state index in [1.165, 1.54) is 4.57 Å². The number of fused-ring (bicyclic) bond motifs is 2. The minimum absolute atomic E-state index is 0.0825. The number of carbonyl (C=O) groups excluding carboxylic acids is 1.